The molecular weight excluding hydrogens is 338 g/mol. The highest BCUT2D eigenvalue weighted by molar-refractivity contribution is 8.22. The molecule has 1 fully saturated rings. The van der Waals surface area contributed by atoms with Crippen LogP contribution in [-0.2, 0) is 0 Å². The summed E-state index contributed by atoms with van der Waals surface area (Å²) in [5.41, 5.74) is 0. The van der Waals surface area contributed by atoms with Crippen molar-refractivity contribution in [2.45, 2.75) is 23.3 Å². The van der Waals surface area contributed by atoms with Gasteiger partial charge in [0.1, 0.15) is 0 Å². The number of halogens is 10. The molecule has 1 aliphatic rings. The smallest absolute Gasteiger partial charge is 0.201 e. The highest BCUT2D eigenvalue weighted by atomic mass is 32.2. The number of thioether (sulfide) groups is 2. The lowest BCUT2D eigenvalue weighted by Crippen LogP contribution is -2.54. The Kier molecular flexibility index (Phi) is 4.10. The zero-order valence-corrected chi connectivity index (χ0v) is 9.94. The average Bonchev–Trinajstić information content (AvgIpc) is 2.57. The van der Waals surface area contributed by atoms with Crippen LogP contribution in [0.5, 0.6) is 0 Å². The number of rotatable bonds is 0. The first-order valence-corrected chi connectivity index (χ1v) is 6.10. The van der Waals surface area contributed by atoms with Gasteiger partial charge in [0.25, 0.3) is 0 Å². The van der Waals surface area contributed by atoms with Crippen LogP contribution in [0.3, 0.4) is 0 Å². The lowest BCUT2D eigenvalue weighted by atomic mass is 10.1. The van der Waals surface area contributed by atoms with E-state index in [1.165, 1.54) is 0 Å². The fourth-order valence-corrected chi connectivity index (χ4v) is 4.27. The monoisotopic (exact) mass is 340 g/mol. The van der Waals surface area contributed by atoms with E-state index in [9.17, 15) is 43.9 Å². The van der Waals surface area contributed by atoms with E-state index in [0.29, 0.717) is 0 Å². The summed E-state index contributed by atoms with van der Waals surface area (Å²) in [6, 6.07) is 0. The molecule has 12 heteroatoms. The van der Waals surface area contributed by atoms with Crippen LogP contribution < -0.4 is 0 Å². The fraction of sp³-hybridized carbons (Fsp3) is 0.714. The summed E-state index contributed by atoms with van der Waals surface area (Å²) in [7, 11) is 0. The van der Waals surface area contributed by atoms with Gasteiger partial charge in [-0.25, -0.2) is 4.39 Å². The molecule has 0 amide bonds. The van der Waals surface area contributed by atoms with Crippen molar-refractivity contribution in [3.8, 4) is 0 Å². The average molecular weight is 340 g/mol. The third-order valence-electron chi connectivity index (χ3n) is 2.05. The summed E-state index contributed by atoms with van der Waals surface area (Å²) in [6.45, 7) is 0. The van der Waals surface area contributed by atoms with E-state index >= 15 is 0 Å². The highest BCUT2D eigenvalue weighted by Gasteiger charge is 2.76. The molecule has 0 unspecified atom stereocenters. The molecule has 0 atom stereocenters. The third kappa shape index (κ3) is 2.65. The van der Waals surface area contributed by atoms with Crippen LogP contribution in [0.25, 0.3) is 0 Å². The van der Waals surface area contributed by atoms with Crippen molar-refractivity contribution in [1.82, 2.24) is 0 Å². The molecule has 0 bridgehead atoms. The first-order valence-electron chi connectivity index (χ1n) is 4.13. The van der Waals surface area contributed by atoms with Crippen molar-refractivity contribution >= 4 is 23.5 Å². The normalized spacial score (nSPS) is 23.7. The molecule has 1 rings (SSSR count). The molecule has 0 nitrogen and oxygen atoms in total. The Bertz CT molecular complexity index is 372. The predicted octanol–water partition coefficient (Wildman–Crippen LogP) is 5.03. The summed E-state index contributed by atoms with van der Waals surface area (Å²) in [5, 5.41) is -0.988. The molecule has 0 aromatic heterocycles. The van der Waals surface area contributed by atoms with Gasteiger partial charge < -0.3 is 0 Å². The fourth-order valence-electron chi connectivity index (χ4n) is 1.27. The molecule has 0 spiro atoms. The molecule has 1 heterocycles. The van der Waals surface area contributed by atoms with Crippen molar-refractivity contribution in [3.05, 3.63) is 10.7 Å². The molecule has 0 aliphatic carbocycles. The zero-order chi connectivity index (χ0) is 15.3. The summed E-state index contributed by atoms with van der Waals surface area (Å²) in [4.78, 5) is -2.40. The first kappa shape index (κ1) is 16.8. The summed E-state index contributed by atoms with van der Waals surface area (Å²) in [6.07, 6.45) is -18.1. The summed E-state index contributed by atoms with van der Waals surface area (Å²) < 4.78 is 120. The van der Waals surface area contributed by atoms with Crippen molar-refractivity contribution in [3.63, 3.8) is 0 Å². The van der Waals surface area contributed by atoms with Gasteiger partial charge in [-0.2, -0.15) is 39.5 Å². The molecule has 0 radical (unpaired) electrons. The van der Waals surface area contributed by atoms with Crippen LogP contribution in [0.4, 0.5) is 43.9 Å². The molecule has 1 aliphatic heterocycles. The number of allylic oxidation sites excluding steroid dienone is 1. The van der Waals surface area contributed by atoms with Crippen LogP contribution in [-0.4, -0.2) is 28.4 Å². The maximum absolute atomic E-state index is 12.9. The molecule has 112 valence electrons. The predicted molar refractivity (Wildman–Crippen MR) is 49.1 cm³/mol. The molecule has 0 aromatic rings. The summed E-state index contributed by atoms with van der Waals surface area (Å²) in [5.74, 6) is -3.36. The van der Waals surface area contributed by atoms with Gasteiger partial charge in [0.2, 0.25) is 10.6 Å². The molecular formula is C7H2F10S2. The first-order chi connectivity index (χ1) is 8.25. The number of hydrogen-bond donors (Lipinski definition) is 0. The lowest BCUT2D eigenvalue weighted by molar-refractivity contribution is -0.251. The quantitative estimate of drug-likeness (QED) is 0.567. The minimum Gasteiger partial charge on any atom is -0.201 e. The second-order valence-corrected chi connectivity index (χ2v) is 5.76. The Morgan fingerprint density at radius 3 is 1.63 bits per heavy atom. The molecule has 0 aromatic carbocycles. The summed E-state index contributed by atoms with van der Waals surface area (Å²) >= 11 is -1.28. The van der Waals surface area contributed by atoms with E-state index in [4.69, 9.17) is 0 Å². The molecule has 0 N–H and O–H groups in total. The SMILES string of the molecule is F/C(=C1/SCSC1(C(F)(F)F)C(F)(F)F)C(F)(F)F. The molecule has 1 saturated heterocycles. The van der Waals surface area contributed by atoms with Gasteiger partial charge >= 0.3 is 18.5 Å². The van der Waals surface area contributed by atoms with E-state index < -0.39 is 62.6 Å². The van der Waals surface area contributed by atoms with Crippen molar-refractivity contribution < 1.29 is 43.9 Å². The Labute approximate surface area is 107 Å². The van der Waals surface area contributed by atoms with E-state index in [2.05, 4.69) is 0 Å². The standard InChI is InChI=1S/C7H2F10S2/c8-2(5(9,10)11)3-4(6(12,13)14,7(15,16)17)19-1-18-3/h1H2/b3-2+. The minimum absolute atomic E-state index is 0.454. The largest absolute Gasteiger partial charge is 0.443 e. The Morgan fingerprint density at radius 2 is 1.32 bits per heavy atom. The highest BCUT2D eigenvalue weighted by Crippen LogP contribution is 2.65. The second-order valence-electron chi connectivity index (χ2n) is 3.22. The van der Waals surface area contributed by atoms with Gasteiger partial charge in [-0.05, 0) is 0 Å². The minimum atomic E-state index is -6.10. The van der Waals surface area contributed by atoms with Crippen molar-refractivity contribution in [2.75, 3.05) is 5.08 Å². The van der Waals surface area contributed by atoms with Crippen LogP contribution in [0.2, 0.25) is 0 Å². The van der Waals surface area contributed by atoms with Crippen LogP contribution in [0, 0.1) is 0 Å². The Balaban J connectivity index is 3.58. The van der Waals surface area contributed by atoms with Gasteiger partial charge in [0.15, 0.2) is 0 Å². The Hall–Kier alpha value is -0.260. The molecule has 0 saturated carbocycles. The van der Waals surface area contributed by atoms with Crippen LogP contribution in [0.15, 0.2) is 10.7 Å². The van der Waals surface area contributed by atoms with E-state index in [1.54, 1.807) is 0 Å². The van der Waals surface area contributed by atoms with Gasteiger partial charge in [0.05, 0.1) is 4.91 Å². The molecule has 19 heavy (non-hydrogen) atoms. The van der Waals surface area contributed by atoms with Gasteiger partial charge in [-0.1, -0.05) is 0 Å². The van der Waals surface area contributed by atoms with E-state index in [-0.39, 0.29) is 0 Å². The zero-order valence-electron chi connectivity index (χ0n) is 8.30. The van der Waals surface area contributed by atoms with Crippen molar-refractivity contribution in [1.29, 1.82) is 0 Å². The van der Waals surface area contributed by atoms with E-state index in [0.717, 1.165) is 0 Å². The maximum atomic E-state index is 12.9. The number of hydrogen-bond acceptors (Lipinski definition) is 2. The van der Waals surface area contributed by atoms with Gasteiger partial charge in [0, 0.05) is 5.08 Å². The Morgan fingerprint density at radius 1 is 0.895 bits per heavy atom. The number of alkyl halides is 9. The van der Waals surface area contributed by atoms with Crippen molar-refractivity contribution in [2.24, 2.45) is 0 Å². The van der Waals surface area contributed by atoms with E-state index in [1.807, 2.05) is 0 Å². The maximum Gasteiger partial charge on any atom is 0.443 e. The topological polar surface area (TPSA) is 0 Å². The third-order valence-corrected chi connectivity index (χ3v) is 4.99. The lowest BCUT2D eigenvalue weighted by Gasteiger charge is -2.33. The van der Waals surface area contributed by atoms with Crippen LogP contribution in [0.1, 0.15) is 0 Å². The van der Waals surface area contributed by atoms with Crippen LogP contribution >= 0.6 is 23.5 Å². The van der Waals surface area contributed by atoms with Gasteiger partial charge in [-0.15, -0.1) is 23.5 Å². The second kappa shape index (κ2) is 4.64. The van der Waals surface area contributed by atoms with Gasteiger partial charge in [-0.3, -0.25) is 0 Å².